The molecule has 0 spiro atoms. The van der Waals surface area contributed by atoms with E-state index in [9.17, 15) is 14.7 Å². The van der Waals surface area contributed by atoms with Gasteiger partial charge in [-0.25, -0.2) is 0 Å². The van der Waals surface area contributed by atoms with Crippen LogP contribution < -0.4 is 0 Å². The van der Waals surface area contributed by atoms with Crippen LogP contribution in [0.5, 0.6) is 0 Å². The van der Waals surface area contributed by atoms with Gasteiger partial charge in [0.05, 0.1) is 11.8 Å². The van der Waals surface area contributed by atoms with Crippen LogP contribution in [0.25, 0.3) is 0 Å². The first kappa shape index (κ1) is 15.2. The molecule has 0 radical (unpaired) electrons. The summed E-state index contributed by atoms with van der Waals surface area (Å²) in [6.45, 7) is 0.192. The van der Waals surface area contributed by atoms with Crippen molar-refractivity contribution in [1.82, 2.24) is 0 Å². The van der Waals surface area contributed by atoms with Gasteiger partial charge in [0.2, 0.25) is 0 Å². The van der Waals surface area contributed by atoms with Crippen molar-refractivity contribution in [2.24, 2.45) is 23.7 Å². The number of allylic oxidation sites excluding steroid dienone is 2. The lowest BCUT2D eigenvalue weighted by molar-refractivity contribution is -0.159. The lowest BCUT2D eigenvalue weighted by atomic mass is 9.83. The van der Waals surface area contributed by atoms with Gasteiger partial charge in [0.25, 0.3) is 0 Å². The van der Waals surface area contributed by atoms with E-state index in [2.05, 4.69) is 0 Å². The van der Waals surface area contributed by atoms with E-state index in [4.69, 9.17) is 4.74 Å². The van der Waals surface area contributed by atoms with E-state index in [1.165, 1.54) is 0 Å². The van der Waals surface area contributed by atoms with E-state index in [1.54, 1.807) is 11.8 Å². The molecule has 2 aliphatic carbocycles. The molecule has 2 aliphatic rings. The van der Waals surface area contributed by atoms with Crippen molar-refractivity contribution in [2.45, 2.75) is 17.9 Å². The average molecular weight is 318 g/mol. The van der Waals surface area contributed by atoms with Crippen molar-refractivity contribution in [3.05, 3.63) is 42.0 Å². The van der Waals surface area contributed by atoms with Crippen LogP contribution >= 0.6 is 11.8 Å². The van der Waals surface area contributed by atoms with Crippen LogP contribution in [-0.4, -0.2) is 23.3 Å². The predicted molar refractivity (Wildman–Crippen MR) is 83.4 cm³/mol. The Morgan fingerprint density at radius 2 is 1.82 bits per heavy atom. The quantitative estimate of drug-likeness (QED) is 0.514. The Bertz CT molecular complexity index is 608. The number of carbonyl (C=O) groups excluding carboxylic acids is 1. The van der Waals surface area contributed by atoms with Gasteiger partial charge in [-0.15, -0.1) is 11.8 Å². The molecule has 116 valence electrons. The third kappa shape index (κ3) is 2.77. The van der Waals surface area contributed by atoms with Gasteiger partial charge in [0.15, 0.2) is 0 Å². The topological polar surface area (TPSA) is 63.6 Å². The molecule has 0 aromatic heterocycles. The summed E-state index contributed by atoms with van der Waals surface area (Å²) >= 11 is 1.65. The SMILES string of the molecule is CSc1ccc(COC(=O)[C@@H]2[C@@H](C(=O)O)[C@H]3C=C[C@H]2C3)cc1. The van der Waals surface area contributed by atoms with Crippen LogP contribution in [0.4, 0.5) is 0 Å². The number of rotatable bonds is 5. The minimum Gasteiger partial charge on any atom is -0.481 e. The number of aliphatic carboxylic acids is 1. The molecule has 0 amide bonds. The lowest BCUT2D eigenvalue weighted by Gasteiger charge is -2.23. The van der Waals surface area contributed by atoms with Crippen LogP contribution in [0, 0.1) is 23.7 Å². The van der Waals surface area contributed by atoms with Gasteiger partial charge >= 0.3 is 11.9 Å². The maximum atomic E-state index is 12.3. The zero-order valence-corrected chi connectivity index (χ0v) is 13.1. The van der Waals surface area contributed by atoms with Gasteiger partial charge in [-0.3, -0.25) is 9.59 Å². The molecule has 0 aliphatic heterocycles. The molecule has 0 heterocycles. The number of fused-ring (bicyclic) bond motifs is 2. The van der Waals surface area contributed by atoms with E-state index in [-0.39, 0.29) is 18.4 Å². The number of esters is 1. The van der Waals surface area contributed by atoms with Crippen molar-refractivity contribution >= 4 is 23.7 Å². The highest BCUT2D eigenvalue weighted by atomic mass is 32.2. The molecule has 1 aromatic carbocycles. The summed E-state index contributed by atoms with van der Waals surface area (Å²) in [5.74, 6) is -2.49. The Morgan fingerprint density at radius 3 is 2.41 bits per heavy atom. The van der Waals surface area contributed by atoms with Gasteiger partial charge < -0.3 is 9.84 Å². The Labute approximate surface area is 133 Å². The average Bonchev–Trinajstić information content (AvgIpc) is 3.14. The normalized spacial score (nSPS) is 28.8. The third-order valence-corrected chi connectivity index (χ3v) is 5.30. The number of carboxylic acid groups (broad SMARTS) is 1. The Kier molecular flexibility index (Phi) is 4.25. The summed E-state index contributed by atoms with van der Waals surface area (Å²) in [6, 6.07) is 7.81. The zero-order chi connectivity index (χ0) is 15.7. The highest BCUT2D eigenvalue weighted by molar-refractivity contribution is 7.98. The van der Waals surface area contributed by atoms with Crippen LogP contribution in [0.2, 0.25) is 0 Å². The summed E-state index contributed by atoms with van der Waals surface area (Å²) < 4.78 is 5.38. The summed E-state index contributed by atoms with van der Waals surface area (Å²) in [4.78, 5) is 24.9. The van der Waals surface area contributed by atoms with Gasteiger partial charge in [-0.2, -0.15) is 0 Å². The minimum atomic E-state index is -0.900. The molecule has 1 aromatic rings. The standard InChI is InChI=1S/C17H18O4S/c1-22-13-6-2-10(3-7-13)9-21-17(20)15-12-5-4-11(8-12)14(15)16(18)19/h2-7,11-12,14-15H,8-9H2,1H3,(H,18,19)/t11-,12-,14-,15-/m0/s1. The maximum absolute atomic E-state index is 12.3. The van der Waals surface area contributed by atoms with E-state index in [0.717, 1.165) is 16.9 Å². The molecule has 4 nitrogen and oxygen atoms in total. The fourth-order valence-electron chi connectivity index (χ4n) is 3.45. The van der Waals surface area contributed by atoms with Crippen molar-refractivity contribution in [3.63, 3.8) is 0 Å². The van der Waals surface area contributed by atoms with E-state index < -0.39 is 23.8 Å². The number of carbonyl (C=O) groups is 2. The van der Waals surface area contributed by atoms with Crippen molar-refractivity contribution in [2.75, 3.05) is 6.26 Å². The highest BCUT2D eigenvalue weighted by Crippen LogP contribution is 2.48. The summed E-state index contributed by atoms with van der Waals surface area (Å²) in [5.41, 5.74) is 0.914. The number of carboxylic acids is 1. The first-order chi connectivity index (χ1) is 10.6. The fraction of sp³-hybridized carbons (Fsp3) is 0.412. The Morgan fingerprint density at radius 1 is 1.18 bits per heavy atom. The summed E-state index contributed by atoms with van der Waals surface area (Å²) in [7, 11) is 0. The lowest BCUT2D eigenvalue weighted by Crippen LogP contribution is -2.34. The summed E-state index contributed by atoms with van der Waals surface area (Å²) in [5, 5.41) is 9.35. The molecular formula is C17H18O4S. The second-order valence-electron chi connectivity index (χ2n) is 5.79. The number of ether oxygens (including phenoxy) is 1. The second-order valence-corrected chi connectivity index (χ2v) is 6.67. The number of hydrogen-bond donors (Lipinski definition) is 1. The molecule has 4 atom stereocenters. The van der Waals surface area contributed by atoms with Crippen molar-refractivity contribution in [1.29, 1.82) is 0 Å². The molecule has 3 rings (SSSR count). The fourth-order valence-corrected chi connectivity index (χ4v) is 3.86. The predicted octanol–water partition coefficient (Wildman–Crippen LogP) is 2.97. The van der Waals surface area contributed by atoms with Crippen molar-refractivity contribution < 1.29 is 19.4 Å². The zero-order valence-electron chi connectivity index (χ0n) is 12.3. The van der Waals surface area contributed by atoms with Crippen LogP contribution in [0.15, 0.2) is 41.3 Å². The molecule has 1 N–H and O–H groups in total. The van der Waals surface area contributed by atoms with Crippen LogP contribution in [0.1, 0.15) is 12.0 Å². The van der Waals surface area contributed by atoms with Crippen molar-refractivity contribution in [3.8, 4) is 0 Å². The first-order valence-electron chi connectivity index (χ1n) is 7.31. The maximum Gasteiger partial charge on any atom is 0.310 e. The van der Waals surface area contributed by atoms with Gasteiger partial charge in [0, 0.05) is 4.90 Å². The molecule has 0 unspecified atom stereocenters. The highest BCUT2D eigenvalue weighted by Gasteiger charge is 2.52. The Hall–Kier alpha value is -1.75. The second kappa shape index (κ2) is 6.16. The van der Waals surface area contributed by atoms with Gasteiger partial charge in [-0.1, -0.05) is 24.3 Å². The van der Waals surface area contributed by atoms with Crippen LogP contribution in [0.3, 0.4) is 0 Å². The monoisotopic (exact) mass is 318 g/mol. The Balaban J connectivity index is 1.64. The first-order valence-corrected chi connectivity index (χ1v) is 8.53. The molecule has 1 saturated carbocycles. The summed E-state index contributed by atoms with van der Waals surface area (Å²) in [6.07, 6.45) is 6.64. The van der Waals surface area contributed by atoms with Gasteiger partial charge in [0.1, 0.15) is 6.61 Å². The van der Waals surface area contributed by atoms with E-state index in [0.29, 0.717) is 0 Å². The number of hydrogen-bond acceptors (Lipinski definition) is 4. The molecule has 5 heteroatoms. The molecule has 22 heavy (non-hydrogen) atoms. The van der Waals surface area contributed by atoms with Gasteiger partial charge in [-0.05, 0) is 42.2 Å². The molecular weight excluding hydrogens is 300 g/mol. The number of thioether (sulfide) groups is 1. The molecule has 0 saturated heterocycles. The molecule has 1 fully saturated rings. The van der Waals surface area contributed by atoms with E-state index in [1.807, 2.05) is 42.7 Å². The van der Waals surface area contributed by atoms with E-state index >= 15 is 0 Å². The largest absolute Gasteiger partial charge is 0.481 e. The van der Waals surface area contributed by atoms with Crippen LogP contribution in [-0.2, 0) is 20.9 Å². The third-order valence-electron chi connectivity index (χ3n) is 4.56. The number of benzene rings is 1. The smallest absolute Gasteiger partial charge is 0.310 e. The molecule has 2 bridgehead atoms. The minimum absolute atomic E-state index is 0.0115.